The zero-order valence-electron chi connectivity index (χ0n) is 11.1. The van der Waals surface area contributed by atoms with Crippen molar-refractivity contribution in [3.63, 3.8) is 0 Å². The van der Waals surface area contributed by atoms with Crippen molar-refractivity contribution >= 4 is 23.8 Å². The average Bonchev–Trinajstić information content (AvgIpc) is 2.39. The Kier molecular flexibility index (Phi) is 7.01. The van der Waals surface area contributed by atoms with Gasteiger partial charge in [0.15, 0.2) is 6.10 Å². The second-order valence-electron chi connectivity index (χ2n) is 4.71. The standard InChI is InChI=1S/C12H22N2O4S/c1-19-10-5-3-2-4-8(10)14-12(18)13-7-6-9(15)11(16)17/h8-10,15H,2-7H2,1H3,(H,16,17)(H2,13,14,18). The molecule has 0 aromatic rings. The second kappa shape index (κ2) is 8.27. The van der Waals surface area contributed by atoms with Gasteiger partial charge < -0.3 is 20.8 Å². The molecule has 3 atom stereocenters. The van der Waals surface area contributed by atoms with Crippen molar-refractivity contribution in [2.75, 3.05) is 12.8 Å². The molecule has 19 heavy (non-hydrogen) atoms. The Labute approximate surface area is 117 Å². The molecule has 0 spiro atoms. The largest absolute Gasteiger partial charge is 0.479 e. The number of carboxylic acids is 1. The highest BCUT2D eigenvalue weighted by atomic mass is 32.2. The molecule has 1 aliphatic carbocycles. The summed E-state index contributed by atoms with van der Waals surface area (Å²) in [5.74, 6) is -1.27. The number of hydrogen-bond acceptors (Lipinski definition) is 4. The number of hydrogen-bond donors (Lipinski definition) is 4. The van der Waals surface area contributed by atoms with Gasteiger partial charge in [-0.05, 0) is 19.1 Å². The Hall–Kier alpha value is -0.950. The van der Waals surface area contributed by atoms with E-state index in [4.69, 9.17) is 10.2 Å². The van der Waals surface area contributed by atoms with Crippen LogP contribution in [0, 0.1) is 0 Å². The molecule has 1 saturated carbocycles. The topological polar surface area (TPSA) is 98.7 Å². The third kappa shape index (κ3) is 5.69. The molecule has 7 heteroatoms. The number of carbonyl (C=O) groups is 2. The Balaban J connectivity index is 2.24. The predicted octanol–water partition coefficient (Wildman–Crippen LogP) is 0.795. The third-order valence-electron chi connectivity index (χ3n) is 3.31. The van der Waals surface area contributed by atoms with E-state index in [1.165, 1.54) is 6.42 Å². The molecule has 4 N–H and O–H groups in total. The van der Waals surface area contributed by atoms with Crippen molar-refractivity contribution in [3.05, 3.63) is 0 Å². The van der Waals surface area contributed by atoms with E-state index in [0.29, 0.717) is 5.25 Å². The lowest BCUT2D eigenvalue weighted by Gasteiger charge is -2.30. The van der Waals surface area contributed by atoms with E-state index in [2.05, 4.69) is 10.6 Å². The lowest BCUT2D eigenvalue weighted by molar-refractivity contribution is -0.146. The highest BCUT2D eigenvalue weighted by Gasteiger charge is 2.25. The van der Waals surface area contributed by atoms with Crippen LogP contribution in [0.25, 0.3) is 0 Å². The number of carboxylic acid groups (broad SMARTS) is 1. The number of thioether (sulfide) groups is 1. The summed E-state index contributed by atoms with van der Waals surface area (Å²) < 4.78 is 0. The first-order chi connectivity index (χ1) is 9.04. The summed E-state index contributed by atoms with van der Waals surface area (Å²) in [6, 6.07) is -0.114. The van der Waals surface area contributed by atoms with Gasteiger partial charge in [-0.15, -0.1) is 0 Å². The van der Waals surface area contributed by atoms with E-state index in [0.717, 1.165) is 19.3 Å². The Morgan fingerprint density at radius 3 is 2.68 bits per heavy atom. The summed E-state index contributed by atoms with van der Waals surface area (Å²) in [4.78, 5) is 22.1. The minimum atomic E-state index is -1.42. The summed E-state index contributed by atoms with van der Waals surface area (Å²) in [6.07, 6.45) is 5.07. The van der Waals surface area contributed by atoms with Crippen LogP contribution in [0.1, 0.15) is 32.1 Å². The Bertz CT molecular complexity index is 314. The molecule has 0 saturated heterocycles. The van der Waals surface area contributed by atoms with Gasteiger partial charge in [0, 0.05) is 24.3 Å². The summed E-state index contributed by atoms with van der Waals surface area (Å²) in [7, 11) is 0. The first kappa shape index (κ1) is 16.1. The van der Waals surface area contributed by atoms with Gasteiger partial charge in [-0.25, -0.2) is 9.59 Å². The molecule has 0 heterocycles. The van der Waals surface area contributed by atoms with Crippen LogP contribution in [0.2, 0.25) is 0 Å². The molecule has 1 rings (SSSR count). The molecule has 0 aliphatic heterocycles. The minimum Gasteiger partial charge on any atom is -0.479 e. The monoisotopic (exact) mass is 290 g/mol. The maximum Gasteiger partial charge on any atom is 0.332 e. The van der Waals surface area contributed by atoms with Crippen LogP contribution in [0.4, 0.5) is 4.79 Å². The fraction of sp³-hybridized carbons (Fsp3) is 0.833. The zero-order valence-corrected chi connectivity index (χ0v) is 11.9. The van der Waals surface area contributed by atoms with Gasteiger partial charge in [0.25, 0.3) is 0 Å². The first-order valence-corrected chi connectivity index (χ1v) is 7.81. The van der Waals surface area contributed by atoms with Crippen molar-refractivity contribution in [2.24, 2.45) is 0 Å². The maximum atomic E-state index is 11.7. The Morgan fingerprint density at radius 1 is 1.37 bits per heavy atom. The molecule has 110 valence electrons. The van der Waals surface area contributed by atoms with Crippen molar-refractivity contribution in [2.45, 2.75) is 49.5 Å². The van der Waals surface area contributed by atoms with E-state index in [1.807, 2.05) is 6.26 Å². The second-order valence-corrected chi connectivity index (χ2v) is 5.78. The fourth-order valence-electron chi connectivity index (χ4n) is 2.21. The van der Waals surface area contributed by atoms with Gasteiger partial charge in [0.2, 0.25) is 0 Å². The van der Waals surface area contributed by atoms with Gasteiger partial charge in [0.1, 0.15) is 0 Å². The fourth-order valence-corrected chi connectivity index (χ4v) is 3.14. The highest BCUT2D eigenvalue weighted by molar-refractivity contribution is 7.99. The summed E-state index contributed by atoms with van der Waals surface area (Å²) in [5, 5.41) is 23.5. The third-order valence-corrected chi connectivity index (χ3v) is 4.48. The number of aliphatic hydroxyl groups is 1. The number of aliphatic carboxylic acids is 1. The molecule has 3 unspecified atom stereocenters. The molecule has 0 aromatic carbocycles. The molecule has 6 nitrogen and oxygen atoms in total. The minimum absolute atomic E-state index is 0.0133. The highest BCUT2D eigenvalue weighted by Crippen LogP contribution is 2.26. The van der Waals surface area contributed by atoms with E-state index >= 15 is 0 Å². The van der Waals surface area contributed by atoms with Crippen LogP contribution in [0.3, 0.4) is 0 Å². The van der Waals surface area contributed by atoms with E-state index in [-0.39, 0.29) is 25.0 Å². The van der Waals surface area contributed by atoms with Crippen LogP contribution in [-0.2, 0) is 4.79 Å². The number of aliphatic hydroxyl groups excluding tert-OH is 1. The lowest BCUT2D eigenvalue weighted by atomic mass is 9.95. The van der Waals surface area contributed by atoms with Gasteiger partial charge in [0.05, 0.1) is 0 Å². The summed E-state index contributed by atoms with van der Waals surface area (Å²) >= 11 is 1.77. The molecule has 0 aromatic heterocycles. The molecule has 2 amide bonds. The van der Waals surface area contributed by atoms with Crippen LogP contribution in [-0.4, -0.2) is 52.4 Å². The zero-order chi connectivity index (χ0) is 14.3. The van der Waals surface area contributed by atoms with Gasteiger partial charge in [-0.1, -0.05) is 12.8 Å². The van der Waals surface area contributed by atoms with Gasteiger partial charge in [-0.2, -0.15) is 11.8 Å². The van der Waals surface area contributed by atoms with Crippen LogP contribution in [0.15, 0.2) is 0 Å². The number of urea groups is 1. The van der Waals surface area contributed by atoms with Gasteiger partial charge in [-0.3, -0.25) is 0 Å². The number of amides is 2. The SMILES string of the molecule is CSC1CCCCC1NC(=O)NCCC(O)C(=O)O. The molecular weight excluding hydrogens is 268 g/mol. The predicted molar refractivity (Wildman–Crippen MR) is 74.4 cm³/mol. The quantitative estimate of drug-likeness (QED) is 0.580. The number of nitrogens with one attached hydrogen (secondary N) is 2. The molecule has 0 radical (unpaired) electrons. The summed E-state index contributed by atoms with van der Waals surface area (Å²) in [6.45, 7) is 0.149. The lowest BCUT2D eigenvalue weighted by Crippen LogP contribution is -2.48. The van der Waals surface area contributed by atoms with E-state index in [1.54, 1.807) is 11.8 Å². The van der Waals surface area contributed by atoms with Crippen molar-refractivity contribution < 1.29 is 19.8 Å². The van der Waals surface area contributed by atoms with Crippen molar-refractivity contribution in [3.8, 4) is 0 Å². The maximum absolute atomic E-state index is 11.7. The number of carbonyl (C=O) groups excluding carboxylic acids is 1. The van der Waals surface area contributed by atoms with E-state index < -0.39 is 12.1 Å². The molecule has 0 bridgehead atoms. The molecule has 1 aliphatic rings. The van der Waals surface area contributed by atoms with Crippen molar-refractivity contribution in [1.29, 1.82) is 0 Å². The smallest absolute Gasteiger partial charge is 0.332 e. The molecule has 1 fully saturated rings. The summed E-state index contributed by atoms with van der Waals surface area (Å²) in [5.41, 5.74) is 0. The van der Waals surface area contributed by atoms with E-state index in [9.17, 15) is 9.59 Å². The first-order valence-electron chi connectivity index (χ1n) is 6.52. The van der Waals surface area contributed by atoms with Gasteiger partial charge >= 0.3 is 12.0 Å². The average molecular weight is 290 g/mol. The van der Waals surface area contributed by atoms with Crippen LogP contribution in [0.5, 0.6) is 0 Å². The molecular formula is C12H22N2O4S. The van der Waals surface area contributed by atoms with Crippen LogP contribution >= 0.6 is 11.8 Å². The van der Waals surface area contributed by atoms with Crippen molar-refractivity contribution in [1.82, 2.24) is 10.6 Å². The Morgan fingerprint density at radius 2 is 2.05 bits per heavy atom. The number of rotatable bonds is 6. The van der Waals surface area contributed by atoms with Crippen LogP contribution < -0.4 is 10.6 Å². The normalized spacial score (nSPS) is 24.5.